The molecule has 0 spiro atoms. The van der Waals surface area contributed by atoms with E-state index in [0.717, 1.165) is 19.3 Å². The fraction of sp³-hybridized carbons (Fsp3) is 0.714. The average Bonchev–Trinajstić information content (AvgIpc) is 2.46. The van der Waals surface area contributed by atoms with Crippen LogP contribution in [0, 0.1) is 17.8 Å². The summed E-state index contributed by atoms with van der Waals surface area (Å²) in [5.41, 5.74) is 14.6. The third-order valence-corrected chi connectivity index (χ3v) is 4.40. The van der Waals surface area contributed by atoms with E-state index >= 15 is 0 Å². The number of allylic oxidation sites excluding steroid dienone is 2. The summed E-state index contributed by atoms with van der Waals surface area (Å²) in [7, 11) is 0. The number of nitrogens with two attached hydrogens (primary N) is 2. The largest absolute Gasteiger partial charge is 0.480 e. The van der Waals surface area contributed by atoms with E-state index in [0.29, 0.717) is 24.8 Å². The van der Waals surface area contributed by atoms with E-state index in [1.807, 2.05) is 6.21 Å². The van der Waals surface area contributed by atoms with Crippen molar-refractivity contribution in [3.05, 3.63) is 12.2 Å². The summed E-state index contributed by atoms with van der Waals surface area (Å²) < 4.78 is 0. The van der Waals surface area contributed by atoms with Gasteiger partial charge in [-0.1, -0.05) is 12.2 Å². The lowest BCUT2D eigenvalue weighted by Gasteiger charge is -2.40. The molecule has 0 aromatic rings. The van der Waals surface area contributed by atoms with Crippen LogP contribution in [0.2, 0.25) is 0 Å². The Labute approximate surface area is 119 Å². The maximum atomic E-state index is 11.0. The zero-order chi connectivity index (χ0) is 14.5. The molecule has 0 radical (unpaired) electrons. The van der Waals surface area contributed by atoms with Gasteiger partial charge in [0.15, 0.2) is 0 Å². The van der Waals surface area contributed by atoms with Crippen LogP contribution in [0.1, 0.15) is 25.7 Å². The Morgan fingerprint density at radius 1 is 1.45 bits per heavy atom. The Morgan fingerprint density at radius 3 is 2.90 bits per heavy atom. The fourth-order valence-electron chi connectivity index (χ4n) is 3.30. The third kappa shape index (κ3) is 3.37. The number of fused-ring (bicyclic) bond motifs is 1. The van der Waals surface area contributed by atoms with Gasteiger partial charge in [-0.05, 0) is 44.1 Å². The van der Waals surface area contributed by atoms with Gasteiger partial charge in [-0.2, -0.15) is 5.10 Å². The lowest BCUT2D eigenvalue weighted by molar-refractivity contribution is -0.139. The van der Waals surface area contributed by atoms with E-state index in [4.69, 9.17) is 16.6 Å². The van der Waals surface area contributed by atoms with E-state index in [2.05, 4.69) is 22.7 Å². The van der Waals surface area contributed by atoms with Gasteiger partial charge in [-0.3, -0.25) is 4.79 Å². The van der Waals surface area contributed by atoms with Crippen molar-refractivity contribution in [1.82, 2.24) is 5.43 Å². The molecule has 0 saturated heterocycles. The standard InChI is InChI=1S/C14H24N4O2/c15-6-5-9(7-12(16)14(19)20)13-11-4-2-1-3-10(11)8-17-18-13/h1-2,8-13,18H,3-7,15-16H2,(H,19,20)/t9?,10?,11?,12-,13?/m0/s1. The molecule has 0 saturated carbocycles. The molecule has 0 amide bonds. The molecule has 1 aliphatic heterocycles. The number of carbonyl (C=O) groups is 1. The molecule has 6 nitrogen and oxygen atoms in total. The molecule has 0 bridgehead atoms. The highest BCUT2D eigenvalue weighted by atomic mass is 16.4. The highest BCUT2D eigenvalue weighted by molar-refractivity contribution is 5.73. The van der Waals surface area contributed by atoms with Gasteiger partial charge in [0.1, 0.15) is 6.04 Å². The van der Waals surface area contributed by atoms with Gasteiger partial charge in [0.25, 0.3) is 0 Å². The number of nitrogens with one attached hydrogen (secondary N) is 1. The summed E-state index contributed by atoms with van der Waals surface area (Å²) in [4.78, 5) is 11.0. The molecule has 0 aromatic carbocycles. The first-order valence-corrected chi connectivity index (χ1v) is 7.25. The van der Waals surface area contributed by atoms with Crippen LogP contribution in [0.25, 0.3) is 0 Å². The summed E-state index contributed by atoms with van der Waals surface area (Å²) in [5, 5.41) is 13.3. The Bertz CT molecular complexity index is 397. The van der Waals surface area contributed by atoms with Crippen molar-refractivity contribution in [2.24, 2.45) is 34.3 Å². The van der Waals surface area contributed by atoms with Gasteiger partial charge in [0.05, 0.1) is 6.04 Å². The smallest absolute Gasteiger partial charge is 0.320 e. The number of hydrazone groups is 1. The van der Waals surface area contributed by atoms with Gasteiger partial charge in [0.2, 0.25) is 0 Å². The zero-order valence-electron chi connectivity index (χ0n) is 11.6. The van der Waals surface area contributed by atoms with Gasteiger partial charge in [0, 0.05) is 12.1 Å². The molecule has 20 heavy (non-hydrogen) atoms. The Morgan fingerprint density at radius 2 is 2.20 bits per heavy atom. The summed E-state index contributed by atoms with van der Waals surface area (Å²) in [6.45, 7) is 0.534. The highest BCUT2D eigenvalue weighted by Gasteiger charge is 2.37. The maximum Gasteiger partial charge on any atom is 0.320 e. The molecule has 5 atom stereocenters. The van der Waals surface area contributed by atoms with Crippen molar-refractivity contribution in [1.29, 1.82) is 0 Å². The van der Waals surface area contributed by atoms with Crippen molar-refractivity contribution < 1.29 is 9.90 Å². The second kappa shape index (κ2) is 6.85. The quantitative estimate of drug-likeness (QED) is 0.522. The van der Waals surface area contributed by atoms with Gasteiger partial charge >= 0.3 is 5.97 Å². The topological polar surface area (TPSA) is 114 Å². The molecule has 6 heteroatoms. The first-order valence-electron chi connectivity index (χ1n) is 7.25. The summed E-state index contributed by atoms with van der Waals surface area (Å²) in [6, 6.07) is -0.680. The van der Waals surface area contributed by atoms with Crippen LogP contribution < -0.4 is 16.9 Å². The zero-order valence-corrected chi connectivity index (χ0v) is 11.6. The number of hydrogen-bond donors (Lipinski definition) is 4. The van der Waals surface area contributed by atoms with Crippen molar-refractivity contribution in [2.75, 3.05) is 6.54 Å². The molecule has 0 aromatic heterocycles. The normalized spacial score (nSPS) is 31.2. The van der Waals surface area contributed by atoms with Crippen molar-refractivity contribution in [2.45, 2.75) is 37.8 Å². The van der Waals surface area contributed by atoms with Crippen LogP contribution in [0.3, 0.4) is 0 Å². The Balaban J connectivity index is 2.09. The summed E-state index contributed by atoms with van der Waals surface area (Å²) >= 11 is 0. The van der Waals surface area contributed by atoms with Crippen LogP contribution in [0.4, 0.5) is 0 Å². The summed E-state index contributed by atoms with van der Waals surface area (Å²) in [5.74, 6) is 0.0802. The van der Waals surface area contributed by atoms with Gasteiger partial charge in [-0.25, -0.2) is 0 Å². The minimum absolute atomic E-state index is 0.141. The number of carboxylic acid groups (broad SMARTS) is 1. The SMILES string of the molecule is NCCC(C[C@H](N)C(=O)O)C1NN=CC2CC=CCC21. The van der Waals surface area contributed by atoms with Crippen LogP contribution in [-0.4, -0.2) is 35.9 Å². The molecule has 0 fully saturated rings. The molecule has 1 aliphatic carbocycles. The third-order valence-electron chi connectivity index (χ3n) is 4.40. The van der Waals surface area contributed by atoms with Gasteiger partial charge < -0.3 is 22.0 Å². The minimum Gasteiger partial charge on any atom is -0.480 e. The molecular weight excluding hydrogens is 256 g/mol. The maximum absolute atomic E-state index is 11.0. The van der Waals surface area contributed by atoms with E-state index in [9.17, 15) is 4.79 Å². The number of rotatable bonds is 6. The van der Waals surface area contributed by atoms with Crippen LogP contribution in [-0.2, 0) is 4.79 Å². The van der Waals surface area contributed by atoms with Gasteiger partial charge in [-0.15, -0.1) is 0 Å². The molecule has 112 valence electrons. The first-order chi connectivity index (χ1) is 9.63. The second-order valence-electron chi connectivity index (χ2n) is 5.72. The van der Waals surface area contributed by atoms with Crippen LogP contribution >= 0.6 is 0 Å². The molecule has 4 unspecified atom stereocenters. The Kier molecular flexibility index (Phi) is 5.14. The van der Waals surface area contributed by atoms with E-state index < -0.39 is 12.0 Å². The first kappa shape index (κ1) is 15.0. The highest BCUT2D eigenvalue weighted by Crippen LogP contribution is 2.34. The number of nitrogens with zero attached hydrogens (tertiary/aromatic N) is 1. The fourth-order valence-corrected chi connectivity index (χ4v) is 3.30. The van der Waals surface area contributed by atoms with E-state index in [1.165, 1.54) is 0 Å². The predicted molar refractivity (Wildman–Crippen MR) is 78.2 cm³/mol. The molecule has 1 heterocycles. The molecule has 2 aliphatic rings. The number of carboxylic acids is 1. The monoisotopic (exact) mass is 280 g/mol. The summed E-state index contributed by atoms with van der Waals surface area (Å²) in [6.07, 6.45) is 9.57. The lowest BCUT2D eigenvalue weighted by Crippen LogP contribution is -2.49. The van der Waals surface area contributed by atoms with E-state index in [-0.39, 0.29) is 12.0 Å². The Hall–Kier alpha value is -1.40. The van der Waals surface area contributed by atoms with Crippen molar-refractivity contribution in [3.8, 4) is 0 Å². The molecule has 6 N–H and O–H groups in total. The molecular formula is C14H24N4O2. The van der Waals surface area contributed by atoms with Crippen LogP contribution in [0.5, 0.6) is 0 Å². The number of aliphatic carboxylic acids is 1. The van der Waals surface area contributed by atoms with Crippen LogP contribution in [0.15, 0.2) is 17.3 Å². The van der Waals surface area contributed by atoms with Crippen molar-refractivity contribution >= 4 is 12.2 Å². The van der Waals surface area contributed by atoms with Crippen molar-refractivity contribution in [3.63, 3.8) is 0 Å². The predicted octanol–water partition coefficient (Wildman–Crippen LogP) is 0.293. The lowest BCUT2D eigenvalue weighted by atomic mass is 9.72. The van der Waals surface area contributed by atoms with E-state index in [1.54, 1.807) is 0 Å². The number of hydrogen-bond acceptors (Lipinski definition) is 5. The minimum atomic E-state index is -0.952. The molecule has 2 rings (SSSR count). The second-order valence-corrected chi connectivity index (χ2v) is 5.72. The average molecular weight is 280 g/mol.